The summed E-state index contributed by atoms with van der Waals surface area (Å²) in [7, 11) is 0. The number of anilines is 1. The van der Waals surface area contributed by atoms with Gasteiger partial charge in [0.15, 0.2) is 0 Å². The molecule has 0 saturated carbocycles. The smallest absolute Gasteiger partial charge is 0.347 e. The topological polar surface area (TPSA) is 97.8 Å². The highest BCUT2D eigenvalue weighted by Gasteiger charge is 2.15. The van der Waals surface area contributed by atoms with Crippen molar-refractivity contribution >= 4 is 5.82 Å². The van der Waals surface area contributed by atoms with Gasteiger partial charge in [0.2, 0.25) is 0 Å². The number of nitrogens with two attached hydrogens (primary N) is 2. The van der Waals surface area contributed by atoms with Crippen molar-refractivity contribution in [3.05, 3.63) is 22.2 Å². The molecule has 0 spiro atoms. The monoisotopic (exact) mass is 168 g/mol. The fourth-order valence-corrected chi connectivity index (χ4v) is 0.824. The van der Waals surface area contributed by atoms with Gasteiger partial charge in [-0.15, -0.1) is 0 Å². The summed E-state index contributed by atoms with van der Waals surface area (Å²) in [5, 5.41) is 0. The maximum atomic E-state index is 10.9. The van der Waals surface area contributed by atoms with Crippen molar-refractivity contribution in [2.24, 2.45) is 5.73 Å². The van der Waals surface area contributed by atoms with Crippen LogP contribution in [0.1, 0.15) is 19.5 Å². The van der Waals surface area contributed by atoms with Crippen LogP contribution in [0.5, 0.6) is 0 Å². The number of nitrogens with one attached hydrogen (secondary N) is 1. The van der Waals surface area contributed by atoms with Crippen molar-refractivity contribution in [3.63, 3.8) is 0 Å². The third kappa shape index (κ3) is 1.82. The summed E-state index contributed by atoms with van der Waals surface area (Å²) in [6.45, 7) is 3.55. The second kappa shape index (κ2) is 2.60. The molecule has 5 heteroatoms. The van der Waals surface area contributed by atoms with Crippen molar-refractivity contribution in [2.75, 3.05) is 5.73 Å². The molecular formula is C7H12N4O. The minimum Gasteiger partial charge on any atom is -0.383 e. The van der Waals surface area contributed by atoms with Crippen molar-refractivity contribution in [2.45, 2.75) is 19.4 Å². The second-order valence-corrected chi connectivity index (χ2v) is 3.25. The van der Waals surface area contributed by atoms with Gasteiger partial charge >= 0.3 is 5.69 Å². The standard InChI is InChI=1S/C7H12N4O/c1-7(2,9)4-3-5(8)11-6(12)10-4/h3H,9H2,1-2H3,(H3,8,10,11,12). The van der Waals surface area contributed by atoms with Crippen LogP contribution in [-0.2, 0) is 5.54 Å². The highest BCUT2D eigenvalue weighted by atomic mass is 16.1. The van der Waals surface area contributed by atoms with Crippen LogP contribution in [0.2, 0.25) is 0 Å². The van der Waals surface area contributed by atoms with Crippen molar-refractivity contribution in [1.29, 1.82) is 0 Å². The van der Waals surface area contributed by atoms with E-state index in [1.165, 1.54) is 0 Å². The number of hydrogen-bond acceptors (Lipinski definition) is 4. The quantitative estimate of drug-likeness (QED) is 0.528. The Morgan fingerprint density at radius 2 is 2.17 bits per heavy atom. The molecule has 5 nitrogen and oxygen atoms in total. The summed E-state index contributed by atoms with van der Waals surface area (Å²) in [5.74, 6) is 0.187. The zero-order chi connectivity index (χ0) is 9.35. The van der Waals surface area contributed by atoms with Crippen molar-refractivity contribution in [1.82, 2.24) is 9.97 Å². The van der Waals surface area contributed by atoms with E-state index in [2.05, 4.69) is 9.97 Å². The lowest BCUT2D eigenvalue weighted by molar-refractivity contribution is 0.531. The number of H-pyrrole nitrogens is 1. The molecule has 1 aromatic rings. The number of aromatic amines is 1. The Morgan fingerprint density at radius 3 is 2.58 bits per heavy atom. The van der Waals surface area contributed by atoms with E-state index in [0.717, 1.165) is 0 Å². The van der Waals surface area contributed by atoms with Gasteiger partial charge in [0.1, 0.15) is 5.82 Å². The molecule has 5 N–H and O–H groups in total. The molecule has 1 rings (SSSR count). The van der Waals surface area contributed by atoms with E-state index in [0.29, 0.717) is 5.69 Å². The van der Waals surface area contributed by atoms with Crippen LogP contribution in [0.3, 0.4) is 0 Å². The predicted octanol–water partition coefficient (Wildman–Crippen LogP) is -0.454. The molecule has 0 saturated heterocycles. The SMILES string of the molecule is CC(C)(N)c1cc(N)nc(=O)[nH]1. The summed E-state index contributed by atoms with van der Waals surface area (Å²) in [6, 6.07) is 1.56. The zero-order valence-corrected chi connectivity index (χ0v) is 7.09. The molecule has 0 atom stereocenters. The number of nitrogens with zero attached hydrogens (tertiary/aromatic N) is 1. The van der Waals surface area contributed by atoms with Crippen LogP contribution < -0.4 is 17.2 Å². The summed E-state index contributed by atoms with van der Waals surface area (Å²) in [6.07, 6.45) is 0. The molecule has 1 aromatic heterocycles. The van der Waals surface area contributed by atoms with Crippen LogP contribution in [0, 0.1) is 0 Å². The Kier molecular flexibility index (Phi) is 1.89. The van der Waals surface area contributed by atoms with Gasteiger partial charge in [-0.3, -0.25) is 0 Å². The molecule has 0 radical (unpaired) electrons. The zero-order valence-electron chi connectivity index (χ0n) is 7.09. The van der Waals surface area contributed by atoms with Crippen molar-refractivity contribution < 1.29 is 0 Å². The molecule has 1 heterocycles. The maximum Gasteiger partial charge on any atom is 0.347 e. The van der Waals surface area contributed by atoms with Crippen molar-refractivity contribution in [3.8, 4) is 0 Å². The number of hydrogen-bond donors (Lipinski definition) is 3. The van der Waals surface area contributed by atoms with E-state index in [1.807, 2.05) is 0 Å². The average molecular weight is 168 g/mol. The first-order chi connectivity index (χ1) is 5.39. The third-order valence-corrected chi connectivity index (χ3v) is 1.46. The molecule has 12 heavy (non-hydrogen) atoms. The first-order valence-corrected chi connectivity index (χ1v) is 3.56. The molecule has 0 aliphatic carbocycles. The van der Waals surface area contributed by atoms with Crippen LogP contribution in [0.4, 0.5) is 5.82 Å². The summed E-state index contributed by atoms with van der Waals surface area (Å²) in [4.78, 5) is 16.8. The predicted molar refractivity (Wildman–Crippen MR) is 46.5 cm³/mol. The van der Waals surface area contributed by atoms with E-state index in [4.69, 9.17) is 11.5 Å². The molecule has 0 aliphatic rings. The Bertz CT molecular complexity index is 336. The Hall–Kier alpha value is -1.36. The van der Waals surface area contributed by atoms with Crippen LogP contribution in [0.25, 0.3) is 0 Å². The lowest BCUT2D eigenvalue weighted by Gasteiger charge is -2.17. The second-order valence-electron chi connectivity index (χ2n) is 3.25. The minimum atomic E-state index is -0.601. The van der Waals surface area contributed by atoms with Gasteiger partial charge < -0.3 is 16.5 Å². The fourth-order valence-electron chi connectivity index (χ4n) is 0.824. The lowest BCUT2D eigenvalue weighted by Crippen LogP contribution is -2.32. The van der Waals surface area contributed by atoms with Crippen LogP contribution in [-0.4, -0.2) is 9.97 Å². The van der Waals surface area contributed by atoms with Gasteiger partial charge in [-0.1, -0.05) is 0 Å². The highest BCUT2D eigenvalue weighted by molar-refractivity contribution is 5.30. The van der Waals surface area contributed by atoms with Crippen LogP contribution in [0.15, 0.2) is 10.9 Å². The van der Waals surface area contributed by atoms with E-state index in [9.17, 15) is 4.79 Å². The molecule has 0 unspecified atom stereocenters. The molecule has 0 aliphatic heterocycles. The van der Waals surface area contributed by atoms with Gasteiger partial charge in [-0.05, 0) is 13.8 Å². The summed E-state index contributed by atoms with van der Waals surface area (Å²) < 4.78 is 0. The third-order valence-electron chi connectivity index (χ3n) is 1.46. The first kappa shape index (κ1) is 8.73. The molecule has 66 valence electrons. The minimum absolute atomic E-state index is 0.187. The van der Waals surface area contributed by atoms with Gasteiger partial charge in [-0.2, -0.15) is 4.98 Å². The lowest BCUT2D eigenvalue weighted by atomic mass is 10.0. The van der Waals surface area contributed by atoms with Gasteiger partial charge in [0.25, 0.3) is 0 Å². The number of nitrogen functional groups attached to an aromatic ring is 1. The Labute approximate surface area is 69.8 Å². The molecule has 0 aromatic carbocycles. The van der Waals surface area contributed by atoms with Gasteiger partial charge in [-0.25, -0.2) is 4.79 Å². The van der Waals surface area contributed by atoms with Gasteiger partial charge in [0, 0.05) is 11.8 Å². The van der Waals surface area contributed by atoms with E-state index >= 15 is 0 Å². The van der Waals surface area contributed by atoms with Crippen LogP contribution >= 0.6 is 0 Å². The van der Waals surface area contributed by atoms with E-state index in [1.54, 1.807) is 19.9 Å². The fraction of sp³-hybridized carbons (Fsp3) is 0.429. The molecule has 0 bridgehead atoms. The number of aromatic nitrogens is 2. The molecular weight excluding hydrogens is 156 g/mol. The van der Waals surface area contributed by atoms with E-state index in [-0.39, 0.29) is 5.82 Å². The molecule has 0 amide bonds. The Morgan fingerprint density at radius 1 is 1.58 bits per heavy atom. The number of rotatable bonds is 1. The summed E-state index contributed by atoms with van der Waals surface area (Å²) >= 11 is 0. The normalized spacial score (nSPS) is 11.6. The highest BCUT2D eigenvalue weighted by Crippen LogP contribution is 2.12. The molecule has 0 fully saturated rings. The average Bonchev–Trinajstić information content (AvgIpc) is 1.82. The van der Waals surface area contributed by atoms with Gasteiger partial charge in [0.05, 0.1) is 5.54 Å². The summed E-state index contributed by atoms with van der Waals surface area (Å²) in [5.41, 5.74) is 10.6. The first-order valence-electron chi connectivity index (χ1n) is 3.56. The Balaban J connectivity index is 3.27. The van der Waals surface area contributed by atoms with E-state index < -0.39 is 11.2 Å². The maximum absolute atomic E-state index is 10.9. The largest absolute Gasteiger partial charge is 0.383 e.